The van der Waals surface area contributed by atoms with Gasteiger partial charge in [0.15, 0.2) is 0 Å². The number of hydrogen-bond acceptors (Lipinski definition) is 4. The van der Waals surface area contributed by atoms with Crippen molar-refractivity contribution in [2.75, 3.05) is 4.90 Å². The van der Waals surface area contributed by atoms with Gasteiger partial charge < -0.3 is 0 Å². The fourth-order valence-electron chi connectivity index (χ4n) is 7.76. The number of benzene rings is 5. The topological polar surface area (TPSA) is 78.8 Å². The monoisotopic (exact) mass is 639 g/mol. The largest absolute Gasteiger partial charge is 0.274 e. The number of fused-ring (bicyclic) bond motifs is 1. The Morgan fingerprint density at radius 1 is 0.795 bits per heavy atom. The van der Waals surface area contributed by atoms with Crippen molar-refractivity contribution in [1.82, 2.24) is 5.43 Å². The smallest absolute Gasteiger partial charge is 0.244 e. The summed E-state index contributed by atoms with van der Waals surface area (Å²) in [5, 5.41) is 6.64. The fraction of sp³-hybridized carbons (Fsp3) is 0.135. The molecule has 1 saturated heterocycles. The van der Waals surface area contributed by atoms with Crippen molar-refractivity contribution in [2.45, 2.75) is 17.8 Å². The third-order valence-corrected chi connectivity index (χ3v) is 9.99. The number of rotatable bonds is 5. The number of carbonyl (C=O) groups is 3. The molecule has 3 aliphatic carbocycles. The fourth-order valence-corrected chi connectivity index (χ4v) is 8.02. The number of hydrazone groups is 1. The normalized spacial score (nSPS) is 23.1. The lowest BCUT2D eigenvalue weighted by atomic mass is 9.47. The van der Waals surface area contributed by atoms with Crippen LogP contribution in [0.4, 0.5) is 5.69 Å². The molecule has 3 amide bonds. The number of nitrogens with one attached hydrogen (secondary N) is 1. The summed E-state index contributed by atoms with van der Waals surface area (Å²) in [5.41, 5.74) is 7.06. The summed E-state index contributed by atoms with van der Waals surface area (Å²) in [6.07, 6.45) is 1.86. The molecular weight excluding hydrogens is 614 g/mol. The molecule has 0 saturated carbocycles. The van der Waals surface area contributed by atoms with Crippen LogP contribution in [0.25, 0.3) is 10.8 Å². The predicted octanol–water partition coefficient (Wildman–Crippen LogP) is 6.50. The highest BCUT2D eigenvalue weighted by atomic mass is 79.9. The second kappa shape index (κ2) is 10.1. The number of nitrogens with zero attached hydrogens (tertiary/aromatic N) is 2. The van der Waals surface area contributed by atoms with Gasteiger partial charge in [-0.3, -0.25) is 14.4 Å². The van der Waals surface area contributed by atoms with E-state index in [0.29, 0.717) is 5.69 Å². The Morgan fingerprint density at radius 2 is 1.43 bits per heavy atom. The zero-order chi connectivity index (χ0) is 30.0. The molecule has 1 aliphatic heterocycles. The van der Waals surface area contributed by atoms with Crippen molar-refractivity contribution in [2.24, 2.45) is 16.9 Å². The SMILES string of the molecule is O=C(Cc1cccc2ccccc12)N/N=C\C12c3ccccc3C(c3ccccc31)[C@H]1C(=O)N(c3ccc(Br)cc3)C(=O)[C@@H]12. The zero-order valence-electron chi connectivity index (χ0n) is 23.5. The first-order chi connectivity index (χ1) is 21.5. The Hall–Kier alpha value is -4.88. The van der Waals surface area contributed by atoms with Crippen molar-refractivity contribution >= 4 is 56.3 Å². The molecule has 6 nitrogen and oxygen atoms in total. The Balaban J connectivity index is 1.22. The molecule has 9 rings (SSSR count). The lowest BCUT2D eigenvalue weighted by Gasteiger charge is -2.52. The highest BCUT2D eigenvalue weighted by Crippen LogP contribution is 2.63. The molecule has 214 valence electrons. The van der Waals surface area contributed by atoms with Gasteiger partial charge in [0.05, 0.1) is 29.4 Å². The van der Waals surface area contributed by atoms with Crippen LogP contribution < -0.4 is 10.3 Å². The van der Waals surface area contributed by atoms with Gasteiger partial charge in [0.2, 0.25) is 17.7 Å². The summed E-state index contributed by atoms with van der Waals surface area (Å²) in [7, 11) is 0. The van der Waals surface area contributed by atoms with Gasteiger partial charge in [-0.2, -0.15) is 5.10 Å². The molecule has 5 aromatic carbocycles. The van der Waals surface area contributed by atoms with E-state index in [0.717, 1.165) is 43.1 Å². The molecule has 0 aromatic heterocycles. The van der Waals surface area contributed by atoms with E-state index in [2.05, 4.69) is 26.5 Å². The van der Waals surface area contributed by atoms with Crippen molar-refractivity contribution in [1.29, 1.82) is 0 Å². The van der Waals surface area contributed by atoms with E-state index in [-0.39, 0.29) is 30.1 Å². The van der Waals surface area contributed by atoms with Crippen LogP contribution in [0.5, 0.6) is 0 Å². The van der Waals surface area contributed by atoms with Crippen LogP contribution in [0, 0.1) is 11.8 Å². The van der Waals surface area contributed by atoms with Crippen LogP contribution in [0.3, 0.4) is 0 Å². The number of anilines is 1. The van der Waals surface area contributed by atoms with Gasteiger partial charge in [0, 0.05) is 16.6 Å². The second-order valence-electron chi connectivity index (χ2n) is 11.6. The van der Waals surface area contributed by atoms with Crippen LogP contribution in [-0.2, 0) is 26.2 Å². The van der Waals surface area contributed by atoms with Gasteiger partial charge in [0.25, 0.3) is 0 Å². The number of halogens is 1. The number of carbonyl (C=O) groups excluding carboxylic acids is 3. The van der Waals surface area contributed by atoms with Crippen LogP contribution in [-0.4, -0.2) is 23.9 Å². The average molecular weight is 641 g/mol. The summed E-state index contributed by atoms with van der Waals surface area (Å²) >= 11 is 3.45. The van der Waals surface area contributed by atoms with Gasteiger partial charge in [-0.15, -0.1) is 0 Å². The minimum absolute atomic E-state index is 0.155. The lowest BCUT2D eigenvalue weighted by molar-refractivity contribution is -0.123. The summed E-state index contributed by atoms with van der Waals surface area (Å²) in [4.78, 5) is 43.3. The molecule has 5 aromatic rings. The molecule has 2 atom stereocenters. The maximum absolute atomic E-state index is 14.5. The van der Waals surface area contributed by atoms with Gasteiger partial charge in [-0.1, -0.05) is 107 Å². The first kappa shape index (κ1) is 26.7. The maximum Gasteiger partial charge on any atom is 0.244 e. The summed E-state index contributed by atoms with van der Waals surface area (Å²) in [6.45, 7) is 0. The number of amides is 3. The third kappa shape index (κ3) is 3.78. The number of hydrogen-bond donors (Lipinski definition) is 1. The van der Waals surface area contributed by atoms with Gasteiger partial charge in [-0.25, -0.2) is 10.3 Å². The summed E-state index contributed by atoms with van der Waals surface area (Å²) in [5.74, 6) is -2.32. The molecule has 0 unspecified atom stereocenters. The van der Waals surface area contributed by atoms with Crippen LogP contribution >= 0.6 is 15.9 Å². The minimum atomic E-state index is -1.05. The van der Waals surface area contributed by atoms with Crippen LogP contribution in [0.15, 0.2) is 125 Å². The van der Waals surface area contributed by atoms with Gasteiger partial charge in [-0.05, 0) is 62.9 Å². The Morgan fingerprint density at radius 3 is 2.16 bits per heavy atom. The molecule has 7 heteroatoms. The highest BCUT2D eigenvalue weighted by Gasteiger charge is 2.68. The molecule has 2 bridgehead atoms. The van der Waals surface area contributed by atoms with Crippen molar-refractivity contribution < 1.29 is 14.4 Å². The van der Waals surface area contributed by atoms with Gasteiger partial charge >= 0.3 is 0 Å². The van der Waals surface area contributed by atoms with Crippen molar-refractivity contribution in [3.05, 3.63) is 148 Å². The molecule has 1 heterocycles. The van der Waals surface area contributed by atoms with Crippen LogP contribution in [0.1, 0.15) is 33.7 Å². The molecular formula is C37H26BrN3O3. The average Bonchev–Trinajstić information content (AvgIpc) is 3.32. The van der Waals surface area contributed by atoms with E-state index >= 15 is 0 Å². The highest BCUT2D eigenvalue weighted by molar-refractivity contribution is 9.10. The first-order valence-corrected chi connectivity index (χ1v) is 15.4. The maximum atomic E-state index is 14.5. The van der Waals surface area contributed by atoms with Gasteiger partial charge in [0.1, 0.15) is 0 Å². The summed E-state index contributed by atoms with van der Waals surface area (Å²) < 4.78 is 0.862. The quantitative estimate of drug-likeness (QED) is 0.135. The van der Waals surface area contributed by atoms with Crippen molar-refractivity contribution in [3.63, 3.8) is 0 Å². The molecule has 0 spiro atoms. The Bertz CT molecular complexity index is 1980. The van der Waals surface area contributed by atoms with E-state index in [1.54, 1.807) is 18.3 Å². The Kier molecular flexibility index (Phi) is 6.13. The molecule has 1 N–H and O–H groups in total. The molecule has 1 fully saturated rings. The second-order valence-corrected chi connectivity index (χ2v) is 12.5. The lowest BCUT2D eigenvalue weighted by Crippen LogP contribution is -2.54. The van der Waals surface area contributed by atoms with E-state index in [1.807, 2.05) is 103 Å². The first-order valence-electron chi connectivity index (χ1n) is 14.6. The van der Waals surface area contributed by atoms with Crippen LogP contribution in [0.2, 0.25) is 0 Å². The van der Waals surface area contributed by atoms with Crippen molar-refractivity contribution in [3.8, 4) is 0 Å². The molecule has 44 heavy (non-hydrogen) atoms. The third-order valence-electron chi connectivity index (χ3n) is 9.46. The Labute approximate surface area is 262 Å². The minimum Gasteiger partial charge on any atom is -0.274 e. The summed E-state index contributed by atoms with van der Waals surface area (Å²) in [6, 6.07) is 37.1. The standard InChI is InChI=1S/C37H26BrN3O3/c38-24-16-18-25(19-17-24)41-35(43)33-32-27-12-3-5-14-29(27)37(34(33)36(41)44,30-15-6-4-13-28(30)32)21-39-40-31(42)20-23-10-7-9-22-8-1-2-11-26(22)23/h1-19,21,32-34H,20H2,(H,40,42)/b39-21-/t32?,33-,34-,37?/m1/s1. The molecule has 0 radical (unpaired) electrons. The molecule has 4 aliphatic rings. The van der Waals surface area contributed by atoms with E-state index in [4.69, 9.17) is 0 Å². The van der Waals surface area contributed by atoms with E-state index < -0.39 is 17.3 Å². The predicted molar refractivity (Wildman–Crippen MR) is 173 cm³/mol. The zero-order valence-corrected chi connectivity index (χ0v) is 25.1. The number of imide groups is 1. The van der Waals surface area contributed by atoms with E-state index in [9.17, 15) is 14.4 Å². The van der Waals surface area contributed by atoms with E-state index in [1.165, 1.54) is 4.90 Å².